The lowest BCUT2D eigenvalue weighted by molar-refractivity contribution is -0.652. The average molecular weight is 492 g/mol. The number of oxazole rings is 1. The molecule has 5 nitrogen and oxygen atoms in total. The number of aryl methyl sites for hydroxylation is 1. The molecule has 37 heavy (non-hydrogen) atoms. The van der Waals surface area contributed by atoms with Gasteiger partial charge in [-0.15, -0.1) is 0 Å². The minimum absolute atomic E-state index is 0.299. The summed E-state index contributed by atoms with van der Waals surface area (Å²) in [7, 11) is 2.01. The zero-order chi connectivity index (χ0) is 26.2. The van der Waals surface area contributed by atoms with Crippen LogP contribution in [0.15, 0.2) is 101 Å². The second-order valence-corrected chi connectivity index (χ2v) is 9.75. The molecule has 0 aliphatic carbocycles. The number of allylic oxidation sites excluding steroid dienone is 5. The number of fused-ring (bicyclic) bond motifs is 2. The maximum absolute atomic E-state index is 11.5. The fraction of sp³-hybridized carbons (Fsp3) is 0.188. The standard InChI is InChI=1S/C32H30N2O3/c1-5-34-26-18-16-24(31(35)36)20-25(26)32(2,3)29(34)14-10-7-11-15-30-33(4)27-21-23(17-19-28(27)37-30)22-12-8-6-9-13-22/h6-21H,5H2,1-4H3/p+1. The van der Waals surface area contributed by atoms with Gasteiger partial charge in [0.15, 0.2) is 0 Å². The molecule has 3 aromatic carbocycles. The number of anilines is 1. The van der Waals surface area contributed by atoms with Crippen LogP contribution in [0.4, 0.5) is 5.69 Å². The van der Waals surface area contributed by atoms with Gasteiger partial charge in [-0.25, -0.2) is 4.79 Å². The van der Waals surface area contributed by atoms with Gasteiger partial charge in [0, 0.05) is 29.4 Å². The second kappa shape index (κ2) is 9.58. The summed E-state index contributed by atoms with van der Waals surface area (Å²) in [5, 5.41) is 9.44. The molecule has 5 rings (SSSR count). The van der Waals surface area contributed by atoms with Crippen LogP contribution < -0.4 is 9.47 Å². The fourth-order valence-corrected chi connectivity index (χ4v) is 5.12. The fourth-order valence-electron chi connectivity index (χ4n) is 5.12. The summed E-state index contributed by atoms with van der Waals surface area (Å²) in [6.07, 6.45) is 10.1. The maximum Gasteiger partial charge on any atom is 0.373 e. The highest BCUT2D eigenvalue weighted by Crippen LogP contribution is 2.47. The Morgan fingerprint density at radius 3 is 2.51 bits per heavy atom. The van der Waals surface area contributed by atoms with Gasteiger partial charge < -0.3 is 14.4 Å². The molecule has 4 aromatic rings. The van der Waals surface area contributed by atoms with E-state index in [0.29, 0.717) is 5.56 Å². The van der Waals surface area contributed by atoms with Crippen LogP contribution in [0.2, 0.25) is 0 Å². The van der Waals surface area contributed by atoms with Crippen molar-refractivity contribution < 1.29 is 18.9 Å². The van der Waals surface area contributed by atoms with Gasteiger partial charge in [0.25, 0.3) is 5.52 Å². The molecule has 1 aliphatic rings. The lowest BCUT2D eigenvalue weighted by Gasteiger charge is -2.25. The number of rotatable bonds is 6. The molecule has 0 saturated heterocycles. The largest absolute Gasteiger partial charge is 0.478 e. The van der Waals surface area contributed by atoms with Crippen molar-refractivity contribution in [1.82, 2.24) is 0 Å². The van der Waals surface area contributed by atoms with E-state index in [1.807, 2.05) is 61.7 Å². The highest BCUT2D eigenvalue weighted by molar-refractivity contribution is 5.89. The first kappa shape index (κ1) is 24.3. The van der Waals surface area contributed by atoms with Crippen molar-refractivity contribution >= 4 is 28.8 Å². The van der Waals surface area contributed by atoms with Crippen molar-refractivity contribution in [2.24, 2.45) is 7.05 Å². The SMILES string of the molecule is CCN1C(=CC=CC=Cc2oc3ccc(-c4ccccc4)cc3[n+]2C)C(C)(C)c2cc(C(=O)O)ccc21. The summed E-state index contributed by atoms with van der Waals surface area (Å²) in [6, 6.07) is 22.0. The highest BCUT2D eigenvalue weighted by Gasteiger charge is 2.39. The van der Waals surface area contributed by atoms with Gasteiger partial charge in [0.2, 0.25) is 5.58 Å². The topological polar surface area (TPSA) is 57.6 Å². The van der Waals surface area contributed by atoms with Gasteiger partial charge in [0.05, 0.1) is 11.6 Å². The Morgan fingerprint density at radius 2 is 1.78 bits per heavy atom. The van der Waals surface area contributed by atoms with Crippen LogP contribution in [0, 0.1) is 0 Å². The normalized spacial score (nSPS) is 15.9. The van der Waals surface area contributed by atoms with Gasteiger partial charge in [-0.2, -0.15) is 4.57 Å². The molecule has 0 fully saturated rings. The average Bonchev–Trinajstić information content (AvgIpc) is 3.33. The molecule has 0 unspecified atom stereocenters. The van der Waals surface area contributed by atoms with Gasteiger partial charge >= 0.3 is 11.9 Å². The molecular formula is C32H31N2O3+. The predicted molar refractivity (Wildman–Crippen MR) is 149 cm³/mol. The Bertz CT molecular complexity index is 1570. The summed E-state index contributed by atoms with van der Waals surface area (Å²) in [5.41, 5.74) is 7.47. The van der Waals surface area contributed by atoms with E-state index in [1.165, 1.54) is 5.56 Å². The molecule has 0 atom stereocenters. The summed E-state index contributed by atoms with van der Waals surface area (Å²) < 4.78 is 8.14. The van der Waals surface area contributed by atoms with E-state index < -0.39 is 5.97 Å². The van der Waals surface area contributed by atoms with Crippen LogP contribution in [-0.2, 0) is 12.5 Å². The Kier molecular flexibility index (Phi) is 6.30. The number of hydrogen-bond donors (Lipinski definition) is 1. The summed E-state index contributed by atoms with van der Waals surface area (Å²) >= 11 is 0. The number of carbonyl (C=O) groups is 1. The van der Waals surface area contributed by atoms with Crippen LogP contribution >= 0.6 is 0 Å². The summed E-state index contributed by atoms with van der Waals surface area (Å²) in [5.74, 6) is -0.137. The van der Waals surface area contributed by atoms with E-state index in [2.05, 4.69) is 60.6 Å². The molecule has 0 amide bonds. The molecule has 0 radical (unpaired) electrons. The van der Waals surface area contributed by atoms with Crippen molar-refractivity contribution in [3.05, 3.63) is 114 Å². The zero-order valence-electron chi connectivity index (χ0n) is 21.6. The number of benzene rings is 3. The number of likely N-dealkylation sites (N-methyl/N-ethyl adjacent to an activating group) is 1. The van der Waals surface area contributed by atoms with Gasteiger partial charge in [-0.05, 0) is 54.0 Å². The van der Waals surface area contributed by atoms with Crippen molar-refractivity contribution in [1.29, 1.82) is 0 Å². The first-order valence-electron chi connectivity index (χ1n) is 12.5. The Balaban J connectivity index is 1.38. The van der Waals surface area contributed by atoms with Crippen LogP contribution in [0.1, 0.15) is 42.6 Å². The van der Waals surface area contributed by atoms with Gasteiger partial charge in [-0.1, -0.05) is 68.5 Å². The number of aromatic carboxylic acids is 1. The molecule has 0 saturated carbocycles. The maximum atomic E-state index is 11.5. The van der Waals surface area contributed by atoms with Crippen molar-refractivity contribution in [3.8, 4) is 11.1 Å². The number of carboxylic acid groups (broad SMARTS) is 1. The lowest BCUT2D eigenvalue weighted by Crippen LogP contribution is -2.29. The Morgan fingerprint density at radius 1 is 1.00 bits per heavy atom. The molecule has 1 aromatic heterocycles. The number of nitrogens with zero attached hydrogens (tertiary/aromatic N) is 2. The Hall–Kier alpha value is -4.38. The molecule has 5 heteroatoms. The van der Waals surface area contributed by atoms with Crippen molar-refractivity contribution in [2.45, 2.75) is 26.2 Å². The minimum atomic E-state index is -0.904. The van der Waals surface area contributed by atoms with E-state index in [0.717, 1.165) is 46.0 Å². The first-order chi connectivity index (χ1) is 17.8. The highest BCUT2D eigenvalue weighted by atomic mass is 16.4. The smallest absolute Gasteiger partial charge is 0.373 e. The molecular weight excluding hydrogens is 460 g/mol. The van der Waals surface area contributed by atoms with E-state index in [4.69, 9.17) is 4.42 Å². The summed E-state index contributed by atoms with van der Waals surface area (Å²) in [4.78, 5) is 13.8. The molecule has 0 spiro atoms. The zero-order valence-corrected chi connectivity index (χ0v) is 21.6. The third-order valence-corrected chi connectivity index (χ3v) is 7.14. The van der Waals surface area contributed by atoms with Crippen LogP contribution in [0.25, 0.3) is 28.3 Å². The van der Waals surface area contributed by atoms with E-state index in [9.17, 15) is 9.90 Å². The Labute approximate surface area is 217 Å². The monoisotopic (exact) mass is 491 g/mol. The van der Waals surface area contributed by atoms with Crippen LogP contribution in [0.3, 0.4) is 0 Å². The predicted octanol–water partition coefficient (Wildman–Crippen LogP) is 6.89. The number of aromatic nitrogens is 1. The quantitative estimate of drug-likeness (QED) is 0.236. The molecule has 0 bridgehead atoms. The summed E-state index contributed by atoms with van der Waals surface area (Å²) in [6.45, 7) is 7.19. The molecule has 1 aliphatic heterocycles. The third-order valence-electron chi connectivity index (χ3n) is 7.14. The van der Waals surface area contributed by atoms with E-state index in [-0.39, 0.29) is 5.41 Å². The van der Waals surface area contributed by atoms with Gasteiger partial charge in [0.1, 0.15) is 7.05 Å². The van der Waals surface area contributed by atoms with Crippen LogP contribution in [-0.4, -0.2) is 17.6 Å². The van der Waals surface area contributed by atoms with E-state index >= 15 is 0 Å². The lowest BCUT2D eigenvalue weighted by atomic mass is 9.83. The number of carboxylic acids is 1. The van der Waals surface area contributed by atoms with Crippen molar-refractivity contribution in [3.63, 3.8) is 0 Å². The minimum Gasteiger partial charge on any atom is -0.478 e. The first-order valence-corrected chi connectivity index (χ1v) is 12.5. The van der Waals surface area contributed by atoms with Gasteiger partial charge in [-0.3, -0.25) is 0 Å². The molecule has 1 N–H and O–H groups in total. The van der Waals surface area contributed by atoms with E-state index in [1.54, 1.807) is 12.1 Å². The van der Waals surface area contributed by atoms with Crippen LogP contribution in [0.5, 0.6) is 0 Å². The third kappa shape index (κ3) is 4.38. The van der Waals surface area contributed by atoms with Crippen molar-refractivity contribution in [2.75, 3.05) is 11.4 Å². The molecule has 186 valence electrons. The molecule has 2 heterocycles. The second-order valence-electron chi connectivity index (χ2n) is 9.75. The number of hydrogen-bond acceptors (Lipinski definition) is 3.